The lowest BCUT2D eigenvalue weighted by molar-refractivity contribution is -0.151. The second-order valence-electron chi connectivity index (χ2n) is 9.99. The summed E-state index contributed by atoms with van der Waals surface area (Å²) >= 11 is 0. The third-order valence-electron chi connectivity index (χ3n) is 6.29. The first kappa shape index (κ1) is 31.7. The topological polar surface area (TPSA) is 233 Å². The third-order valence-corrected chi connectivity index (χ3v) is 8.04. The van der Waals surface area contributed by atoms with Crippen molar-refractivity contribution in [2.75, 3.05) is 12.3 Å². The molecule has 16 nitrogen and oxygen atoms in total. The Balaban J connectivity index is 1.59. The van der Waals surface area contributed by atoms with E-state index >= 15 is 0 Å². The summed E-state index contributed by atoms with van der Waals surface area (Å²) in [5.74, 6) is -0.826. The van der Waals surface area contributed by atoms with Crippen LogP contribution < -0.4 is 21.0 Å². The molecule has 5 N–H and O–H groups in total. The summed E-state index contributed by atoms with van der Waals surface area (Å²) in [5.41, 5.74) is 10.5. The van der Waals surface area contributed by atoms with Gasteiger partial charge in [-0.05, 0) is 43.1 Å². The van der Waals surface area contributed by atoms with Crippen LogP contribution >= 0.6 is 7.75 Å². The number of aromatic nitrogens is 2. The van der Waals surface area contributed by atoms with E-state index in [0.29, 0.717) is 0 Å². The Morgan fingerprint density at radius 3 is 2.49 bits per heavy atom. The SMILES string of the molecule is CC(C)(NP(=O)(OC[C@@]1(N=[N+]=[N-])O[C@@H](n2ccc(N)nc2=O)[C@H](O)[C@@H]1O)Oc1ccccc1)C(=O)OCc1ccccc1. The highest BCUT2D eigenvalue weighted by molar-refractivity contribution is 7.52. The van der Waals surface area contributed by atoms with E-state index in [1.807, 2.05) is 6.07 Å². The number of ether oxygens (including phenoxy) is 2. The first-order valence-corrected chi connectivity index (χ1v) is 14.4. The molecule has 0 bridgehead atoms. The number of nitrogens with two attached hydrogens (primary N) is 1. The Morgan fingerprint density at radius 2 is 1.86 bits per heavy atom. The minimum absolute atomic E-state index is 0.0614. The number of para-hydroxylation sites is 1. The zero-order valence-electron chi connectivity index (χ0n) is 23.1. The number of carbonyl (C=O) groups is 1. The number of nitrogens with one attached hydrogen (secondary N) is 1. The highest BCUT2D eigenvalue weighted by atomic mass is 31.2. The molecule has 2 heterocycles. The molecule has 4 rings (SSSR count). The monoisotopic (exact) mass is 615 g/mol. The van der Waals surface area contributed by atoms with Crippen molar-refractivity contribution in [2.45, 2.75) is 50.2 Å². The quantitative estimate of drug-likeness (QED) is 0.0756. The maximum Gasteiger partial charge on any atom is 0.459 e. The van der Waals surface area contributed by atoms with Gasteiger partial charge in [0, 0.05) is 11.1 Å². The highest BCUT2D eigenvalue weighted by Crippen LogP contribution is 2.49. The Morgan fingerprint density at radius 1 is 1.21 bits per heavy atom. The largest absolute Gasteiger partial charge is 0.459 e. The molecule has 1 unspecified atom stereocenters. The molecule has 0 amide bonds. The minimum atomic E-state index is -4.59. The summed E-state index contributed by atoms with van der Waals surface area (Å²) in [6.45, 7) is 1.74. The van der Waals surface area contributed by atoms with E-state index in [2.05, 4.69) is 20.1 Å². The molecule has 0 aliphatic carbocycles. The number of benzene rings is 2. The summed E-state index contributed by atoms with van der Waals surface area (Å²) in [7, 11) is -4.59. The molecule has 1 saturated heterocycles. The lowest BCUT2D eigenvalue weighted by atomic mass is 10.1. The Bertz CT molecular complexity index is 1580. The van der Waals surface area contributed by atoms with Crippen LogP contribution in [0, 0.1) is 0 Å². The van der Waals surface area contributed by atoms with Gasteiger partial charge in [0.1, 0.15) is 35.9 Å². The Hall–Kier alpha value is -4.27. The molecule has 5 atom stereocenters. The van der Waals surface area contributed by atoms with Crippen molar-refractivity contribution in [3.63, 3.8) is 0 Å². The average molecular weight is 616 g/mol. The number of rotatable bonds is 12. The number of carbonyl (C=O) groups excluding carboxylic acids is 1. The first-order chi connectivity index (χ1) is 20.4. The van der Waals surface area contributed by atoms with Gasteiger partial charge >= 0.3 is 19.4 Å². The van der Waals surface area contributed by atoms with E-state index in [4.69, 9.17) is 24.3 Å². The van der Waals surface area contributed by atoms with Crippen molar-refractivity contribution in [3.8, 4) is 5.75 Å². The fourth-order valence-electron chi connectivity index (χ4n) is 4.09. The zero-order chi connectivity index (χ0) is 31.3. The molecule has 0 spiro atoms. The molecule has 3 aromatic rings. The van der Waals surface area contributed by atoms with Gasteiger partial charge in [0.2, 0.25) is 5.72 Å². The molecule has 17 heteroatoms. The van der Waals surface area contributed by atoms with Crippen molar-refractivity contribution < 1.29 is 38.1 Å². The predicted molar refractivity (Wildman–Crippen MR) is 151 cm³/mol. The maximum atomic E-state index is 14.1. The summed E-state index contributed by atoms with van der Waals surface area (Å²) in [6.07, 6.45) is -4.25. The number of azide groups is 1. The normalized spacial score (nSPS) is 23.1. The fraction of sp³-hybridized carbons (Fsp3) is 0.346. The van der Waals surface area contributed by atoms with Crippen LogP contribution in [-0.2, 0) is 30.0 Å². The van der Waals surface area contributed by atoms with Crippen LogP contribution in [-0.4, -0.2) is 55.8 Å². The van der Waals surface area contributed by atoms with Crippen LogP contribution in [0.2, 0.25) is 0 Å². The van der Waals surface area contributed by atoms with Crippen LogP contribution in [0.5, 0.6) is 5.75 Å². The third kappa shape index (κ3) is 7.39. The van der Waals surface area contributed by atoms with E-state index in [1.54, 1.807) is 42.5 Å². The Labute approximate surface area is 245 Å². The molecule has 1 aliphatic heterocycles. The van der Waals surface area contributed by atoms with Gasteiger partial charge < -0.3 is 29.9 Å². The van der Waals surface area contributed by atoms with Gasteiger partial charge in [0.05, 0.1) is 6.61 Å². The number of anilines is 1. The first-order valence-electron chi connectivity index (χ1n) is 12.8. The van der Waals surface area contributed by atoms with Crippen LogP contribution in [0.15, 0.2) is 82.8 Å². The summed E-state index contributed by atoms with van der Waals surface area (Å²) in [5, 5.41) is 27.7. The number of esters is 1. The molecular weight excluding hydrogens is 585 g/mol. The Kier molecular flexibility index (Phi) is 9.52. The highest BCUT2D eigenvalue weighted by Gasteiger charge is 2.57. The van der Waals surface area contributed by atoms with Gasteiger partial charge in [-0.2, -0.15) is 10.1 Å². The minimum Gasteiger partial charge on any atom is -0.459 e. The number of aliphatic hydroxyl groups excluding tert-OH is 2. The molecule has 0 radical (unpaired) electrons. The number of aliphatic hydroxyl groups is 2. The number of nitrogens with zero attached hydrogens (tertiary/aromatic N) is 5. The second kappa shape index (κ2) is 12.9. The van der Waals surface area contributed by atoms with E-state index in [1.165, 1.54) is 32.0 Å². The number of hydrogen-bond donors (Lipinski definition) is 4. The van der Waals surface area contributed by atoms with Gasteiger partial charge in [-0.25, -0.2) is 9.36 Å². The molecular formula is C26H30N7O9P. The molecule has 2 aromatic carbocycles. The van der Waals surface area contributed by atoms with Crippen LogP contribution in [0.1, 0.15) is 25.6 Å². The average Bonchev–Trinajstić information content (AvgIpc) is 3.21. The van der Waals surface area contributed by atoms with Crippen molar-refractivity contribution in [2.24, 2.45) is 5.11 Å². The van der Waals surface area contributed by atoms with E-state index < -0.39 is 55.7 Å². The van der Waals surface area contributed by atoms with Crippen molar-refractivity contribution in [1.29, 1.82) is 0 Å². The van der Waals surface area contributed by atoms with Gasteiger partial charge in [-0.3, -0.25) is 13.9 Å². The smallest absolute Gasteiger partial charge is 0.459 e. The molecule has 1 aliphatic rings. The molecule has 1 aromatic heterocycles. The van der Waals surface area contributed by atoms with E-state index in [-0.39, 0.29) is 18.2 Å². The fourth-order valence-corrected chi connectivity index (χ4v) is 5.78. The van der Waals surface area contributed by atoms with Crippen LogP contribution in [0.4, 0.5) is 5.82 Å². The van der Waals surface area contributed by atoms with Crippen LogP contribution in [0.25, 0.3) is 10.4 Å². The van der Waals surface area contributed by atoms with E-state index in [9.17, 15) is 29.9 Å². The van der Waals surface area contributed by atoms with Gasteiger partial charge in [-0.15, -0.1) is 0 Å². The maximum absolute atomic E-state index is 14.1. The lowest BCUT2D eigenvalue weighted by Crippen LogP contribution is -2.49. The van der Waals surface area contributed by atoms with E-state index in [0.717, 1.165) is 16.3 Å². The predicted octanol–water partition coefficient (Wildman–Crippen LogP) is 2.40. The second-order valence-corrected chi connectivity index (χ2v) is 11.7. The summed E-state index contributed by atoms with van der Waals surface area (Å²) in [6, 6.07) is 18.0. The van der Waals surface area contributed by atoms with Crippen LogP contribution in [0.3, 0.4) is 0 Å². The molecule has 1 fully saturated rings. The number of nitrogen functional groups attached to an aromatic ring is 1. The molecule has 228 valence electrons. The molecule has 0 saturated carbocycles. The summed E-state index contributed by atoms with van der Waals surface area (Å²) < 4.78 is 37.3. The van der Waals surface area contributed by atoms with Gasteiger partial charge in [0.25, 0.3) is 0 Å². The van der Waals surface area contributed by atoms with Gasteiger partial charge in [0.15, 0.2) is 6.23 Å². The standard InChI is InChI=1S/C26H30N7O9P/c1-25(2,23(36)39-15-17-9-5-3-6-10-17)31-43(38,42-18-11-7-4-8-12-18)40-16-26(30-32-28)21(35)20(34)22(41-26)33-14-13-19(27)29-24(33)37/h3-14,20-22,34-35H,15-16H2,1-2H3,(H,31,38)(H2,27,29,37)/t20-,21+,22-,26-,43?/m1/s1. The van der Waals surface area contributed by atoms with Crippen molar-refractivity contribution in [1.82, 2.24) is 14.6 Å². The molecule has 43 heavy (non-hydrogen) atoms. The zero-order valence-corrected chi connectivity index (χ0v) is 24.0. The van der Waals surface area contributed by atoms with Crippen molar-refractivity contribution in [3.05, 3.63) is 99.4 Å². The lowest BCUT2D eigenvalue weighted by Gasteiger charge is -2.32. The summed E-state index contributed by atoms with van der Waals surface area (Å²) in [4.78, 5) is 31.6. The number of hydrogen-bond acceptors (Lipinski definition) is 12. The van der Waals surface area contributed by atoms with Crippen molar-refractivity contribution >= 4 is 19.5 Å². The van der Waals surface area contributed by atoms with Gasteiger partial charge in [-0.1, -0.05) is 53.6 Å².